The summed E-state index contributed by atoms with van der Waals surface area (Å²) >= 11 is 4.85. The standard InChI is InChI=1S/C19H21BrN2O5S/c1-10-15(18(24)27-8-7-25-3)16(13-9-12(20)5-6-14(13)26-4)22-17(23)11(2)28-19(22)21-10/h5-6,9,11,16H,7-8H2,1-4H3. The van der Waals surface area contributed by atoms with Crippen LogP contribution in [0.5, 0.6) is 5.75 Å². The number of ether oxygens (including phenoxy) is 3. The molecule has 1 aromatic rings. The van der Waals surface area contributed by atoms with Crippen LogP contribution in [0.25, 0.3) is 0 Å². The van der Waals surface area contributed by atoms with Crippen LogP contribution in [0, 0.1) is 0 Å². The first-order valence-electron chi connectivity index (χ1n) is 8.67. The molecule has 0 radical (unpaired) electrons. The Morgan fingerprint density at radius 1 is 1.32 bits per heavy atom. The highest BCUT2D eigenvalue weighted by molar-refractivity contribution is 9.10. The number of benzene rings is 1. The van der Waals surface area contributed by atoms with Gasteiger partial charge in [0.1, 0.15) is 18.4 Å². The van der Waals surface area contributed by atoms with Crippen molar-refractivity contribution in [1.29, 1.82) is 0 Å². The van der Waals surface area contributed by atoms with Crippen LogP contribution in [0.2, 0.25) is 0 Å². The quantitative estimate of drug-likeness (QED) is 0.470. The number of esters is 1. The van der Waals surface area contributed by atoms with Crippen molar-refractivity contribution in [3.8, 4) is 5.75 Å². The number of halogens is 1. The van der Waals surface area contributed by atoms with Crippen LogP contribution in [0.1, 0.15) is 25.5 Å². The maximum atomic E-state index is 12.9. The van der Waals surface area contributed by atoms with E-state index in [1.54, 1.807) is 25.0 Å². The van der Waals surface area contributed by atoms with Crippen molar-refractivity contribution in [3.63, 3.8) is 0 Å². The summed E-state index contributed by atoms with van der Waals surface area (Å²) in [6.45, 7) is 3.98. The Hall–Kier alpha value is -1.84. The van der Waals surface area contributed by atoms with E-state index in [1.165, 1.54) is 18.9 Å². The lowest BCUT2D eigenvalue weighted by Crippen LogP contribution is -2.40. The third-order valence-electron chi connectivity index (χ3n) is 4.49. The zero-order chi connectivity index (χ0) is 20.4. The van der Waals surface area contributed by atoms with Crippen molar-refractivity contribution in [2.45, 2.75) is 25.1 Å². The molecule has 28 heavy (non-hydrogen) atoms. The lowest BCUT2D eigenvalue weighted by molar-refractivity contribution is -0.141. The minimum atomic E-state index is -0.681. The number of nitrogens with zero attached hydrogens (tertiary/aromatic N) is 2. The van der Waals surface area contributed by atoms with Gasteiger partial charge in [0.15, 0.2) is 5.17 Å². The second-order valence-corrected chi connectivity index (χ2v) is 8.50. The summed E-state index contributed by atoms with van der Waals surface area (Å²) in [5, 5.41) is 0.298. The molecule has 0 aromatic heterocycles. The van der Waals surface area contributed by atoms with E-state index in [9.17, 15) is 9.59 Å². The fourth-order valence-electron chi connectivity index (χ4n) is 3.17. The van der Waals surface area contributed by atoms with Gasteiger partial charge in [-0.25, -0.2) is 9.79 Å². The number of aliphatic imine (C=N–C) groups is 1. The predicted octanol–water partition coefficient (Wildman–Crippen LogP) is 3.30. The maximum absolute atomic E-state index is 12.9. The molecule has 0 saturated carbocycles. The second-order valence-electron chi connectivity index (χ2n) is 6.28. The van der Waals surface area contributed by atoms with Gasteiger partial charge in [0.2, 0.25) is 5.91 Å². The number of rotatable bonds is 6. The molecule has 150 valence electrons. The number of allylic oxidation sites excluding steroid dienone is 1. The third kappa shape index (κ3) is 3.83. The Labute approximate surface area is 176 Å². The largest absolute Gasteiger partial charge is 0.496 e. The molecule has 0 aliphatic carbocycles. The van der Waals surface area contributed by atoms with Gasteiger partial charge in [-0.05, 0) is 32.0 Å². The summed E-state index contributed by atoms with van der Waals surface area (Å²) in [6, 6.07) is 4.81. The highest BCUT2D eigenvalue weighted by atomic mass is 79.9. The Bertz CT molecular complexity index is 870. The van der Waals surface area contributed by atoms with Gasteiger partial charge in [0.25, 0.3) is 0 Å². The summed E-state index contributed by atoms with van der Waals surface area (Å²) in [5.41, 5.74) is 1.53. The first-order valence-corrected chi connectivity index (χ1v) is 10.3. The van der Waals surface area contributed by atoms with E-state index in [2.05, 4.69) is 20.9 Å². The molecule has 1 saturated heterocycles. The fraction of sp³-hybridized carbons (Fsp3) is 0.421. The molecule has 2 unspecified atom stereocenters. The zero-order valence-electron chi connectivity index (χ0n) is 16.0. The van der Waals surface area contributed by atoms with E-state index in [4.69, 9.17) is 14.2 Å². The van der Waals surface area contributed by atoms with Gasteiger partial charge in [0, 0.05) is 17.1 Å². The van der Waals surface area contributed by atoms with Crippen molar-refractivity contribution < 1.29 is 23.8 Å². The Kier molecular flexibility index (Phi) is 6.47. The molecular formula is C19H21BrN2O5S. The van der Waals surface area contributed by atoms with Crippen molar-refractivity contribution in [2.75, 3.05) is 27.4 Å². The van der Waals surface area contributed by atoms with Crippen LogP contribution >= 0.6 is 27.7 Å². The van der Waals surface area contributed by atoms with Gasteiger partial charge in [-0.3, -0.25) is 9.69 Å². The molecule has 2 aliphatic rings. The molecule has 2 aliphatic heterocycles. The number of thioether (sulfide) groups is 1. The number of fused-ring (bicyclic) bond motifs is 1. The van der Waals surface area contributed by atoms with Crippen molar-refractivity contribution in [3.05, 3.63) is 39.5 Å². The molecule has 7 nitrogen and oxygen atoms in total. The first kappa shape index (κ1) is 20.9. The molecule has 0 bridgehead atoms. The van der Waals surface area contributed by atoms with Gasteiger partial charge in [-0.15, -0.1) is 0 Å². The summed E-state index contributed by atoms with van der Waals surface area (Å²) in [4.78, 5) is 31.9. The summed E-state index contributed by atoms with van der Waals surface area (Å²) in [5.74, 6) is -0.0611. The van der Waals surface area contributed by atoms with Gasteiger partial charge in [-0.2, -0.15) is 0 Å². The molecule has 1 fully saturated rings. The van der Waals surface area contributed by atoms with E-state index in [1.807, 2.05) is 19.1 Å². The van der Waals surface area contributed by atoms with Gasteiger partial charge in [-0.1, -0.05) is 27.7 Å². The van der Waals surface area contributed by atoms with E-state index >= 15 is 0 Å². The van der Waals surface area contributed by atoms with Crippen molar-refractivity contribution in [1.82, 2.24) is 4.90 Å². The summed E-state index contributed by atoms with van der Waals surface area (Å²) < 4.78 is 16.7. The fourth-order valence-corrected chi connectivity index (χ4v) is 4.58. The zero-order valence-corrected chi connectivity index (χ0v) is 18.4. The summed E-state index contributed by atoms with van der Waals surface area (Å²) in [6.07, 6.45) is 0. The number of methoxy groups -OCH3 is 2. The van der Waals surface area contributed by atoms with E-state index in [-0.39, 0.29) is 24.4 Å². The van der Waals surface area contributed by atoms with E-state index < -0.39 is 12.0 Å². The lowest BCUT2D eigenvalue weighted by Gasteiger charge is -2.33. The Morgan fingerprint density at radius 3 is 2.75 bits per heavy atom. The number of hydrogen-bond acceptors (Lipinski definition) is 7. The molecule has 1 amide bonds. The van der Waals surface area contributed by atoms with Crippen LogP contribution in [0.4, 0.5) is 0 Å². The third-order valence-corrected chi connectivity index (χ3v) is 6.03. The SMILES string of the molecule is COCCOC(=O)C1=C(C)N=C2SC(C)C(=O)N2C1c1cc(Br)ccc1OC. The molecule has 3 rings (SSSR count). The smallest absolute Gasteiger partial charge is 0.338 e. The minimum absolute atomic E-state index is 0.106. The first-order chi connectivity index (χ1) is 13.4. The number of amides is 1. The van der Waals surface area contributed by atoms with Gasteiger partial charge in [0.05, 0.1) is 30.2 Å². The molecule has 0 N–H and O–H groups in total. The number of carbonyl (C=O) groups is 2. The van der Waals surface area contributed by atoms with Crippen LogP contribution in [0.15, 0.2) is 38.9 Å². The predicted molar refractivity (Wildman–Crippen MR) is 110 cm³/mol. The van der Waals surface area contributed by atoms with Gasteiger partial charge >= 0.3 is 5.97 Å². The van der Waals surface area contributed by atoms with Crippen molar-refractivity contribution >= 4 is 44.7 Å². The highest BCUT2D eigenvalue weighted by Crippen LogP contribution is 2.46. The molecule has 2 heterocycles. The Balaban J connectivity index is 2.13. The average molecular weight is 469 g/mol. The molecule has 0 spiro atoms. The van der Waals surface area contributed by atoms with Gasteiger partial charge < -0.3 is 14.2 Å². The maximum Gasteiger partial charge on any atom is 0.338 e. The lowest BCUT2D eigenvalue weighted by atomic mass is 9.93. The molecule has 1 aromatic carbocycles. The topological polar surface area (TPSA) is 77.4 Å². The van der Waals surface area contributed by atoms with Crippen LogP contribution in [-0.4, -0.2) is 54.6 Å². The monoisotopic (exact) mass is 468 g/mol. The van der Waals surface area contributed by atoms with E-state index in [0.717, 1.165) is 4.47 Å². The minimum Gasteiger partial charge on any atom is -0.496 e. The molecule has 2 atom stereocenters. The summed E-state index contributed by atoms with van der Waals surface area (Å²) in [7, 11) is 3.09. The van der Waals surface area contributed by atoms with Crippen LogP contribution < -0.4 is 4.74 Å². The number of hydrogen-bond donors (Lipinski definition) is 0. The highest BCUT2D eigenvalue weighted by Gasteiger charge is 2.47. The Morgan fingerprint density at radius 2 is 2.07 bits per heavy atom. The van der Waals surface area contributed by atoms with Crippen molar-refractivity contribution in [2.24, 2.45) is 4.99 Å². The molecular weight excluding hydrogens is 448 g/mol. The number of carbonyl (C=O) groups excluding carboxylic acids is 2. The van der Waals surface area contributed by atoms with Crippen LogP contribution in [0.3, 0.4) is 0 Å². The number of amidine groups is 1. The second kappa shape index (κ2) is 8.67. The van der Waals surface area contributed by atoms with Crippen LogP contribution in [-0.2, 0) is 19.1 Å². The molecule has 9 heteroatoms. The van der Waals surface area contributed by atoms with E-state index in [0.29, 0.717) is 27.8 Å². The normalized spacial score (nSPS) is 21.5. The average Bonchev–Trinajstić information content (AvgIpc) is 2.94.